The molecule has 0 aromatic rings. The molecule has 0 bridgehead atoms. The predicted molar refractivity (Wildman–Crippen MR) is 159 cm³/mol. The van der Waals surface area contributed by atoms with Crippen LogP contribution >= 0.6 is 0 Å². The number of nitrogens with one attached hydrogen (secondary N) is 1. The van der Waals surface area contributed by atoms with Crippen molar-refractivity contribution < 1.29 is 57.1 Å². The lowest BCUT2D eigenvalue weighted by Crippen LogP contribution is -2.36. The molecule has 3 amide bonds. The first-order valence-corrected chi connectivity index (χ1v) is 15.5. The molecule has 0 saturated carbocycles. The topological polar surface area (TPSA) is 157 Å². The highest BCUT2D eigenvalue weighted by Gasteiger charge is 2.39. The molecule has 256 valence electrons. The number of ether oxygens (including phenoxy) is 8. The predicted octanol–water partition coefficient (Wildman–Crippen LogP) is 0.636. The third kappa shape index (κ3) is 21.6. The summed E-state index contributed by atoms with van der Waals surface area (Å²) in [4.78, 5) is 48.2. The maximum Gasteiger partial charge on any atom is 0.233 e. The molecule has 1 N–H and O–H groups in total. The van der Waals surface area contributed by atoms with Crippen molar-refractivity contribution in [2.45, 2.75) is 40.0 Å². The molecular weight excluding hydrogens is 580 g/mol. The van der Waals surface area contributed by atoms with Gasteiger partial charge in [-0.25, -0.2) is 0 Å². The van der Waals surface area contributed by atoms with Crippen molar-refractivity contribution in [3.8, 4) is 0 Å². The highest BCUT2D eigenvalue weighted by Crippen LogP contribution is 2.26. The number of Topliss-reactive ketones (excluding diaryl/α,β-unsaturated/α-hetero) is 1. The summed E-state index contributed by atoms with van der Waals surface area (Å²) in [7, 11) is 0. The van der Waals surface area contributed by atoms with Crippen molar-refractivity contribution in [3.63, 3.8) is 0 Å². The fourth-order valence-corrected chi connectivity index (χ4v) is 3.89. The minimum Gasteiger partial charge on any atom is -0.379 e. The van der Waals surface area contributed by atoms with E-state index in [1.165, 1.54) is 4.90 Å². The Morgan fingerprint density at radius 1 is 0.659 bits per heavy atom. The first kappa shape index (κ1) is 40.0. The number of amides is 3. The number of nitrogens with zero attached hydrogens (tertiary/aromatic N) is 1. The van der Waals surface area contributed by atoms with Crippen LogP contribution in [-0.4, -0.2) is 147 Å². The largest absolute Gasteiger partial charge is 0.379 e. The summed E-state index contributed by atoms with van der Waals surface area (Å²) in [6, 6.07) is 0. The number of imide groups is 1. The highest BCUT2D eigenvalue weighted by atomic mass is 16.6. The van der Waals surface area contributed by atoms with E-state index in [2.05, 4.69) is 5.32 Å². The lowest BCUT2D eigenvalue weighted by molar-refractivity contribution is -0.140. The summed E-state index contributed by atoms with van der Waals surface area (Å²) in [5.41, 5.74) is 0. The summed E-state index contributed by atoms with van der Waals surface area (Å²) in [5, 5.41) is 2.73. The van der Waals surface area contributed by atoms with Crippen LogP contribution in [0, 0.1) is 11.8 Å². The van der Waals surface area contributed by atoms with E-state index in [4.69, 9.17) is 37.9 Å². The minimum atomic E-state index is -0.280. The van der Waals surface area contributed by atoms with E-state index >= 15 is 0 Å². The Labute approximate surface area is 261 Å². The number of likely N-dealkylation sites (tertiary alicyclic amines) is 1. The van der Waals surface area contributed by atoms with E-state index in [-0.39, 0.29) is 54.7 Å². The van der Waals surface area contributed by atoms with E-state index in [9.17, 15) is 19.2 Å². The zero-order valence-electron chi connectivity index (χ0n) is 26.9. The summed E-state index contributed by atoms with van der Waals surface area (Å²) >= 11 is 0. The average Bonchev–Trinajstić information content (AvgIpc) is 3.28. The molecule has 0 radical (unpaired) electrons. The van der Waals surface area contributed by atoms with Crippen LogP contribution < -0.4 is 5.32 Å². The smallest absolute Gasteiger partial charge is 0.233 e. The fraction of sp³-hybridized carbons (Fsp3) is 0.867. The second-order valence-corrected chi connectivity index (χ2v) is 10.4. The third-order valence-corrected chi connectivity index (χ3v) is 6.42. The number of carbonyl (C=O) groups is 4. The number of ketones is 1. The van der Waals surface area contributed by atoms with Crippen molar-refractivity contribution in [1.82, 2.24) is 10.2 Å². The fourth-order valence-electron chi connectivity index (χ4n) is 3.89. The van der Waals surface area contributed by atoms with Gasteiger partial charge in [-0.1, -0.05) is 13.8 Å². The standard InChI is InChI=1S/C30H54N2O12/c1-25(2)27-24-29(35)32(30(27)36)7-4-28(34)31-6-9-38-11-13-40-15-17-42-19-21-44-23-22-43-20-18-41-16-14-39-12-10-37-8-5-26(3)33/h25,27H,4-24H2,1-3H3,(H,31,34). The summed E-state index contributed by atoms with van der Waals surface area (Å²) in [6.07, 6.45) is 0.744. The van der Waals surface area contributed by atoms with Crippen molar-refractivity contribution in [1.29, 1.82) is 0 Å². The average molecular weight is 635 g/mol. The molecular formula is C30H54N2O12. The first-order chi connectivity index (χ1) is 21.3. The van der Waals surface area contributed by atoms with Gasteiger partial charge in [0.1, 0.15) is 5.78 Å². The Kier molecular flexibility index (Phi) is 24.8. The van der Waals surface area contributed by atoms with Gasteiger partial charge in [0.2, 0.25) is 17.7 Å². The van der Waals surface area contributed by atoms with Gasteiger partial charge in [0.05, 0.1) is 106 Å². The van der Waals surface area contributed by atoms with Gasteiger partial charge in [0.25, 0.3) is 0 Å². The van der Waals surface area contributed by atoms with E-state index in [0.29, 0.717) is 119 Å². The maximum absolute atomic E-state index is 12.3. The molecule has 1 rings (SSSR count). The first-order valence-electron chi connectivity index (χ1n) is 15.5. The number of hydrogen-bond donors (Lipinski definition) is 1. The molecule has 0 spiro atoms. The Bertz CT molecular complexity index is 783. The molecule has 1 fully saturated rings. The van der Waals surface area contributed by atoms with Crippen LogP contribution in [0.3, 0.4) is 0 Å². The molecule has 1 unspecified atom stereocenters. The molecule has 1 saturated heterocycles. The molecule has 14 nitrogen and oxygen atoms in total. The monoisotopic (exact) mass is 634 g/mol. The lowest BCUT2D eigenvalue weighted by atomic mass is 9.94. The van der Waals surface area contributed by atoms with Crippen molar-refractivity contribution >= 4 is 23.5 Å². The summed E-state index contributed by atoms with van der Waals surface area (Å²) in [5.74, 6) is -0.665. The number of rotatable bonds is 31. The van der Waals surface area contributed by atoms with E-state index in [1.54, 1.807) is 6.92 Å². The van der Waals surface area contributed by atoms with Crippen LogP contribution in [0.2, 0.25) is 0 Å². The van der Waals surface area contributed by atoms with Crippen LogP contribution in [0.1, 0.15) is 40.0 Å². The minimum absolute atomic E-state index is 0.0842. The van der Waals surface area contributed by atoms with Crippen LogP contribution in [0.15, 0.2) is 0 Å². The quantitative estimate of drug-likeness (QED) is 0.0840. The molecule has 1 aliphatic heterocycles. The molecule has 1 aliphatic rings. The molecule has 0 aromatic carbocycles. The third-order valence-electron chi connectivity index (χ3n) is 6.42. The second kappa shape index (κ2) is 27.3. The van der Waals surface area contributed by atoms with Crippen molar-refractivity contribution in [2.75, 3.05) is 119 Å². The lowest BCUT2D eigenvalue weighted by Gasteiger charge is -2.16. The Hall–Kier alpha value is -2.04. The van der Waals surface area contributed by atoms with Gasteiger partial charge in [-0.2, -0.15) is 0 Å². The summed E-state index contributed by atoms with van der Waals surface area (Å²) in [6.45, 7) is 13.0. The maximum atomic E-state index is 12.3. The molecule has 1 atom stereocenters. The highest BCUT2D eigenvalue weighted by molar-refractivity contribution is 6.03. The van der Waals surface area contributed by atoms with Gasteiger partial charge >= 0.3 is 0 Å². The molecule has 1 heterocycles. The number of carbonyl (C=O) groups excluding carboxylic acids is 4. The van der Waals surface area contributed by atoms with E-state index in [0.717, 1.165) is 0 Å². The van der Waals surface area contributed by atoms with Gasteiger partial charge in [0, 0.05) is 38.3 Å². The molecule has 0 aromatic heterocycles. The second-order valence-electron chi connectivity index (χ2n) is 10.4. The van der Waals surface area contributed by atoms with E-state index < -0.39 is 0 Å². The van der Waals surface area contributed by atoms with Crippen molar-refractivity contribution in [2.24, 2.45) is 11.8 Å². The molecule has 0 aliphatic carbocycles. The SMILES string of the molecule is CC(=O)CCOCCOCCOCCOCCOCCOCCOCCOCCNC(=O)CCN1C(=O)CC(C(C)C)C1=O. The normalized spacial score (nSPS) is 15.1. The van der Waals surface area contributed by atoms with Gasteiger partial charge in [-0.15, -0.1) is 0 Å². The van der Waals surface area contributed by atoms with Gasteiger partial charge < -0.3 is 43.2 Å². The molecule has 44 heavy (non-hydrogen) atoms. The Morgan fingerprint density at radius 2 is 1.05 bits per heavy atom. The van der Waals surface area contributed by atoms with Crippen molar-refractivity contribution in [3.05, 3.63) is 0 Å². The van der Waals surface area contributed by atoms with Crippen LogP contribution in [0.25, 0.3) is 0 Å². The Balaban J connectivity index is 1.74. The van der Waals surface area contributed by atoms with E-state index in [1.807, 2.05) is 13.8 Å². The zero-order chi connectivity index (χ0) is 32.3. The van der Waals surface area contributed by atoms with Crippen LogP contribution in [0.5, 0.6) is 0 Å². The summed E-state index contributed by atoms with van der Waals surface area (Å²) < 4.78 is 43.2. The van der Waals surface area contributed by atoms with Gasteiger partial charge in [-0.05, 0) is 12.8 Å². The van der Waals surface area contributed by atoms with Crippen LogP contribution in [-0.2, 0) is 57.1 Å². The van der Waals surface area contributed by atoms with Crippen LogP contribution in [0.4, 0.5) is 0 Å². The van der Waals surface area contributed by atoms with Gasteiger partial charge in [0.15, 0.2) is 0 Å². The Morgan fingerprint density at radius 3 is 1.41 bits per heavy atom. The van der Waals surface area contributed by atoms with Gasteiger partial charge in [-0.3, -0.25) is 24.1 Å². The molecule has 14 heteroatoms. The zero-order valence-corrected chi connectivity index (χ0v) is 26.9. The number of hydrogen-bond acceptors (Lipinski definition) is 12.